The van der Waals surface area contributed by atoms with Crippen LogP contribution in [0, 0.1) is 13.8 Å². The van der Waals surface area contributed by atoms with Gasteiger partial charge in [0.05, 0.1) is 13.7 Å². The molecular formula is C19H22N2O4. The van der Waals surface area contributed by atoms with Crippen molar-refractivity contribution in [3.05, 3.63) is 53.6 Å². The number of ether oxygens (including phenoxy) is 2. The number of hydrogen-bond acceptors (Lipinski definition) is 4. The van der Waals surface area contributed by atoms with E-state index in [1.165, 1.54) is 0 Å². The molecule has 0 aliphatic heterocycles. The lowest BCUT2D eigenvalue weighted by Crippen LogP contribution is -2.37. The Labute approximate surface area is 147 Å². The van der Waals surface area contributed by atoms with E-state index in [1.807, 2.05) is 26.0 Å². The highest BCUT2D eigenvalue weighted by atomic mass is 16.5. The third-order valence-electron chi connectivity index (χ3n) is 3.77. The number of hydrogen-bond donors (Lipinski definition) is 2. The summed E-state index contributed by atoms with van der Waals surface area (Å²) in [6.07, 6.45) is 0. The van der Waals surface area contributed by atoms with Gasteiger partial charge in [0.15, 0.2) is 0 Å². The van der Waals surface area contributed by atoms with Crippen LogP contribution in [-0.2, 0) is 9.59 Å². The van der Waals surface area contributed by atoms with Gasteiger partial charge in [-0.05, 0) is 55.3 Å². The average Bonchev–Trinajstić information content (AvgIpc) is 2.62. The van der Waals surface area contributed by atoms with Gasteiger partial charge in [-0.25, -0.2) is 0 Å². The zero-order valence-corrected chi connectivity index (χ0v) is 14.6. The van der Waals surface area contributed by atoms with Crippen molar-refractivity contribution >= 4 is 17.5 Å². The van der Waals surface area contributed by atoms with Gasteiger partial charge in [-0.2, -0.15) is 0 Å². The molecule has 0 radical (unpaired) electrons. The molecule has 2 rings (SSSR count). The Kier molecular flexibility index (Phi) is 6.39. The molecule has 0 heterocycles. The number of nitrogens with one attached hydrogen (secondary N) is 2. The van der Waals surface area contributed by atoms with Gasteiger partial charge in [0.2, 0.25) is 0 Å². The van der Waals surface area contributed by atoms with Gasteiger partial charge in [-0.3, -0.25) is 9.59 Å². The Morgan fingerprint density at radius 1 is 0.960 bits per heavy atom. The Bertz CT molecular complexity index is 742. The third kappa shape index (κ3) is 5.24. The largest absolute Gasteiger partial charge is 0.497 e. The highest BCUT2D eigenvalue weighted by molar-refractivity contribution is 6.39. The number of carbonyl (C=O) groups is 2. The van der Waals surface area contributed by atoms with Gasteiger partial charge in [0.1, 0.15) is 18.1 Å². The van der Waals surface area contributed by atoms with E-state index in [0.29, 0.717) is 11.4 Å². The first-order valence-corrected chi connectivity index (χ1v) is 7.93. The van der Waals surface area contributed by atoms with E-state index >= 15 is 0 Å². The summed E-state index contributed by atoms with van der Waals surface area (Å²) in [4.78, 5) is 23.8. The number of amides is 2. The van der Waals surface area contributed by atoms with Gasteiger partial charge in [-0.15, -0.1) is 0 Å². The summed E-state index contributed by atoms with van der Waals surface area (Å²) < 4.78 is 10.5. The molecule has 132 valence electrons. The summed E-state index contributed by atoms with van der Waals surface area (Å²) in [5, 5.41) is 5.15. The molecule has 0 bridgehead atoms. The van der Waals surface area contributed by atoms with Gasteiger partial charge in [0.25, 0.3) is 0 Å². The molecule has 2 aromatic carbocycles. The monoisotopic (exact) mass is 342 g/mol. The molecule has 6 nitrogen and oxygen atoms in total. The van der Waals surface area contributed by atoms with Crippen molar-refractivity contribution in [1.82, 2.24) is 5.32 Å². The van der Waals surface area contributed by atoms with Crippen LogP contribution in [0.4, 0.5) is 5.69 Å². The summed E-state index contributed by atoms with van der Waals surface area (Å²) >= 11 is 0. The molecule has 2 aromatic rings. The first-order valence-electron chi connectivity index (χ1n) is 7.93. The number of carbonyl (C=O) groups excluding carboxylic acids is 2. The van der Waals surface area contributed by atoms with Crippen molar-refractivity contribution < 1.29 is 19.1 Å². The van der Waals surface area contributed by atoms with Gasteiger partial charge < -0.3 is 20.1 Å². The zero-order valence-electron chi connectivity index (χ0n) is 14.6. The summed E-state index contributed by atoms with van der Waals surface area (Å²) in [5.41, 5.74) is 2.62. The maximum Gasteiger partial charge on any atom is 0.313 e. The van der Waals surface area contributed by atoms with E-state index in [1.54, 1.807) is 37.4 Å². The maximum atomic E-state index is 11.9. The first-order chi connectivity index (χ1) is 12.0. The van der Waals surface area contributed by atoms with Gasteiger partial charge >= 0.3 is 11.8 Å². The SMILES string of the molecule is COc1ccc(OCCNC(=O)C(=O)Nc2cccc(C)c2C)cc1. The number of rotatable bonds is 6. The summed E-state index contributed by atoms with van der Waals surface area (Å²) in [6.45, 7) is 4.33. The second-order valence-corrected chi connectivity index (χ2v) is 5.48. The minimum absolute atomic E-state index is 0.227. The predicted molar refractivity (Wildman–Crippen MR) is 96.0 cm³/mol. The quantitative estimate of drug-likeness (QED) is 0.624. The molecule has 0 aromatic heterocycles. The van der Waals surface area contributed by atoms with E-state index < -0.39 is 11.8 Å². The first kappa shape index (κ1) is 18.3. The van der Waals surface area contributed by atoms with Crippen molar-refractivity contribution in [3.8, 4) is 11.5 Å². The second kappa shape index (κ2) is 8.73. The lowest BCUT2D eigenvalue weighted by Gasteiger charge is -2.11. The lowest BCUT2D eigenvalue weighted by molar-refractivity contribution is -0.136. The topological polar surface area (TPSA) is 76.7 Å². The van der Waals surface area contributed by atoms with Crippen LogP contribution in [0.25, 0.3) is 0 Å². The average molecular weight is 342 g/mol. The molecule has 0 saturated carbocycles. The van der Waals surface area contributed by atoms with Crippen molar-refractivity contribution in [1.29, 1.82) is 0 Å². The lowest BCUT2D eigenvalue weighted by atomic mass is 10.1. The second-order valence-electron chi connectivity index (χ2n) is 5.48. The minimum atomic E-state index is -0.696. The Morgan fingerprint density at radius 3 is 2.32 bits per heavy atom. The Morgan fingerprint density at radius 2 is 1.64 bits per heavy atom. The fourth-order valence-corrected chi connectivity index (χ4v) is 2.15. The standard InChI is InChI=1S/C19H22N2O4/c1-13-5-4-6-17(14(13)2)21-19(23)18(22)20-11-12-25-16-9-7-15(24-3)8-10-16/h4-10H,11-12H2,1-3H3,(H,20,22)(H,21,23). The predicted octanol–water partition coefficient (Wildman–Crippen LogP) is 2.45. The normalized spacial score (nSPS) is 10.0. The third-order valence-corrected chi connectivity index (χ3v) is 3.77. The van der Waals surface area contributed by atoms with Crippen molar-refractivity contribution in [3.63, 3.8) is 0 Å². The molecule has 0 aliphatic carbocycles. The Hall–Kier alpha value is -3.02. The van der Waals surface area contributed by atoms with E-state index in [0.717, 1.165) is 16.9 Å². The van der Waals surface area contributed by atoms with Crippen LogP contribution >= 0.6 is 0 Å². The fraction of sp³-hybridized carbons (Fsp3) is 0.263. The van der Waals surface area contributed by atoms with Crippen molar-refractivity contribution in [2.45, 2.75) is 13.8 Å². The molecular weight excluding hydrogens is 320 g/mol. The van der Waals surface area contributed by atoms with Crippen molar-refractivity contribution in [2.24, 2.45) is 0 Å². The summed E-state index contributed by atoms with van der Waals surface area (Å²) in [6, 6.07) is 12.7. The van der Waals surface area contributed by atoms with Crippen LogP contribution in [0.3, 0.4) is 0 Å². The van der Waals surface area contributed by atoms with Gasteiger partial charge in [-0.1, -0.05) is 12.1 Å². The molecule has 6 heteroatoms. The molecule has 2 amide bonds. The molecule has 0 atom stereocenters. The van der Waals surface area contributed by atoms with Crippen LogP contribution in [0.5, 0.6) is 11.5 Å². The van der Waals surface area contributed by atoms with Crippen LogP contribution in [0.1, 0.15) is 11.1 Å². The molecule has 0 unspecified atom stereocenters. The molecule has 0 spiro atoms. The fourth-order valence-electron chi connectivity index (χ4n) is 2.15. The van der Waals surface area contributed by atoms with Crippen LogP contribution in [0.15, 0.2) is 42.5 Å². The van der Waals surface area contributed by atoms with E-state index in [9.17, 15) is 9.59 Å². The van der Waals surface area contributed by atoms with Crippen LogP contribution in [0.2, 0.25) is 0 Å². The summed E-state index contributed by atoms with van der Waals surface area (Å²) in [7, 11) is 1.59. The Balaban J connectivity index is 1.75. The highest BCUT2D eigenvalue weighted by Crippen LogP contribution is 2.18. The summed E-state index contributed by atoms with van der Waals surface area (Å²) in [5.74, 6) is 0.0102. The van der Waals surface area contributed by atoms with Crippen LogP contribution in [-0.4, -0.2) is 32.1 Å². The van der Waals surface area contributed by atoms with E-state index in [4.69, 9.17) is 9.47 Å². The number of anilines is 1. The van der Waals surface area contributed by atoms with E-state index in [-0.39, 0.29) is 13.2 Å². The number of methoxy groups -OCH3 is 1. The highest BCUT2D eigenvalue weighted by Gasteiger charge is 2.14. The van der Waals surface area contributed by atoms with Crippen molar-refractivity contribution in [2.75, 3.05) is 25.6 Å². The molecule has 2 N–H and O–H groups in total. The molecule has 25 heavy (non-hydrogen) atoms. The molecule has 0 fully saturated rings. The minimum Gasteiger partial charge on any atom is -0.497 e. The number of aryl methyl sites for hydroxylation is 1. The smallest absolute Gasteiger partial charge is 0.313 e. The van der Waals surface area contributed by atoms with Crippen LogP contribution < -0.4 is 20.1 Å². The maximum absolute atomic E-state index is 11.9. The molecule has 0 saturated heterocycles. The van der Waals surface area contributed by atoms with Gasteiger partial charge in [0, 0.05) is 5.69 Å². The molecule has 0 aliphatic rings. The number of benzene rings is 2. The van der Waals surface area contributed by atoms with E-state index in [2.05, 4.69) is 10.6 Å². The zero-order chi connectivity index (χ0) is 18.2.